The van der Waals surface area contributed by atoms with Crippen LogP contribution in [0.2, 0.25) is 5.02 Å². The molecule has 1 atom stereocenters. The van der Waals surface area contributed by atoms with Gasteiger partial charge in [-0.05, 0) is 31.0 Å². The average molecular weight is 333 g/mol. The van der Waals surface area contributed by atoms with Crippen LogP contribution in [0.15, 0.2) is 24.3 Å². The molecule has 0 fully saturated rings. The van der Waals surface area contributed by atoms with Crippen LogP contribution >= 0.6 is 11.6 Å². The Balaban J connectivity index is 2.47. The fourth-order valence-corrected chi connectivity index (χ4v) is 2.37. The van der Waals surface area contributed by atoms with Gasteiger partial charge in [0.1, 0.15) is 9.84 Å². The van der Waals surface area contributed by atoms with Crippen LogP contribution in [0.3, 0.4) is 0 Å². The third-order valence-electron chi connectivity index (χ3n) is 3.17. The summed E-state index contributed by atoms with van der Waals surface area (Å²) in [6, 6.07) is 7.19. The maximum Gasteiger partial charge on any atom is 0.317 e. The van der Waals surface area contributed by atoms with Crippen LogP contribution in [-0.4, -0.2) is 51.0 Å². The first-order valence-corrected chi connectivity index (χ1v) is 9.05. The smallest absolute Gasteiger partial charge is 0.317 e. The number of nitrogens with zero attached hydrogens (tertiary/aromatic N) is 1. The van der Waals surface area contributed by atoms with Crippen molar-refractivity contribution in [3.63, 3.8) is 0 Å². The molecule has 0 unspecified atom stereocenters. The quantitative estimate of drug-likeness (QED) is 0.866. The molecule has 0 saturated carbocycles. The molecule has 0 spiro atoms. The Morgan fingerprint density at radius 3 is 2.43 bits per heavy atom. The number of sulfone groups is 1. The summed E-state index contributed by atoms with van der Waals surface area (Å²) in [7, 11) is -1.37. The Morgan fingerprint density at radius 2 is 1.90 bits per heavy atom. The number of rotatable bonds is 6. The lowest BCUT2D eigenvalue weighted by atomic mass is 10.1. The van der Waals surface area contributed by atoms with E-state index in [2.05, 4.69) is 5.32 Å². The Bertz CT molecular complexity index is 572. The summed E-state index contributed by atoms with van der Waals surface area (Å²) < 4.78 is 22.0. The fourth-order valence-electron chi connectivity index (χ4n) is 1.77. The van der Waals surface area contributed by atoms with Crippen molar-refractivity contribution in [3.8, 4) is 0 Å². The molecule has 7 heteroatoms. The van der Waals surface area contributed by atoms with Crippen molar-refractivity contribution >= 4 is 27.5 Å². The second-order valence-electron chi connectivity index (χ2n) is 5.15. The van der Waals surface area contributed by atoms with Gasteiger partial charge in [0.2, 0.25) is 0 Å². The summed E-state index contributed by atoms with van der Waals surface area (Å²) in [6.07, 6.45) is 1.85. The molecule has 2 amide bonds. The molecule has 0 aliphatic rings. The van der Waals surface area contributed by atoms with Gasteiger partial charge in [-0.25, -0.2) is 13.2 Å². The average Bonchev–Trinajstić information content (AvgIpc) is 2.38. The lowest BCUT2D eigenvalue weighted by Gasteiger charge is -2.25. The van der Waals surface area contributed by atoms with Gasteiger partial charge in [-0.2, -0.15) is 0 Å². The Labute approximate surface area is 131 Å². The third kappa shape index (κ3) is 6.82. The summed E-state index contributed by atoms with van der Waals surface area (Å²) in [4.78, 5) is 13.5. The standard InChI is InChI=1S/C14H21ClN2O3S/c1-11(10-12-4-6-13(15)7-5-12)17(2)14(18)16-8-9-21(3,19)20/h4-7,11H,8-10H2,1-3H3,(H,16,18)/t11-/m1/s1. The molecule has 118 valence electrons. The molecule has 0 aliphatic heterocycles. The Kier molecular flexibility index (Phi) is 6.48. The van der Waals surface area contributed by atoms with Crippen LogP contribution in [0.4, 0.5) is 4.79 Å². The number of benzene rings is 1. The highest BCUT2D eigenvalue weighted by Gasteiger charge is 2.16. The molecule has 21 heavy (non-hydrogen) atoms. The first kappa shape index (κ1) is 17.8. The number of amides is 2. The van der Waals surface area contributed by atoms with Crippen LogP contribution in [0.5, 0.6) is 0 Å². The highest BCUT2D eigenvalue weighted by atomic mass is 35.5. The summed E-state index contributed by atoms with van der Waals surface area (Å²) >= 11 is 5.83. The summed E-state index contributed by atoms with van der Waals surface area (Å²) in [5.41, 5.74) is 1.09. The van der Waals surface area contributed by atoms with Crippen LogP contribution in [0.25, 0.3) is 0 Å². The van der Waals surface area contributed by atoms with Crippen LogP contribution < -0.4 is 5.32 Å². The largest absolute Gasteiger partial charge is 0.337 e. The minimum atomic E-state index is -3.06. The van der Waals surface area contributed by atoms with Crippen molar-refractivity contribution in [3.05, 3.63) is 34.9 Å². The molecule has 0 radical (unpaired) electrons. The molecule has 5 nitrogen and oxygen atoms in total. The lowest BCUT2D eigenvalue weighted by Crippen LogP contribution is -2.44. The molecule has 0 aromatic heterocycles. The molecule has 0 heterocycles. The maximum atomic E-state index is 11.9. The van der Waals surface area contributed by atoms with E-state index in [1.165, 1.54) is 0 Å². The first-order chi connectivity index (χ1) is 9.69. The van der Waals surface area contributed by atoms with Crippen LogP contribution in [0, 0.1) is 0 Å². The van der Waals surface area contributed by atoms with Gasteiger partial charge in [-0.1, -0.05) is 23.7 Å². The number of nitrogens with one attached hydrogen (secondary N) is 1. The number of carbonyl (C=O) groups excluding carboxylic acids is 1. The maximum absolute atomic E-state index is 11.9. The number of halogens is 1. The molecule has 0 bridgehead atoms. The van der Waals surface area contributed by atoms with E-state index >= 15 is 0 Å². The second kappa shape index (κ2) is 7.66. The molecule has 1 rings (SSSR count). The minimum Gasteiger partial charge on any atom is -0.337 e. The van der Waals surface area contributed by atoms with Crippen LogP contribution in [0.1, 0.15) is 12.5 Å². The molecule has 1 aromatic rings. The lowest BCUT2D eigenvalue weighted by molar-refractivity contribution is 0.194. The Morgan fingerprint density at radius 1 is 1.33 bits per heavy atom. The van der Waals surface area contributed by atoms with Crippen molar-refractivity contribution in [1.29, 1.82) is 0 Å². The number of urea groups is 1. The fraction of sp³-hybridized carbons (Fsp3) is 0.500. The highest BCUT2D eigenvalue weighted by molar-refractivity contribution is 7.90. The van der Waals surface area contributed by atoms with Gasteiger partial charge in [-0.3, -0.25) is 0 Å². The minimum absolute atomic E-state index is 0.00981. The number of hydrogen-bond acceptors (Lipinski definition) is 3. The van der Waals surface area contributed by atoms with Crippen LogP contribution in [-0.2, 0) is 16.3 Å². The van der Waals surface area contributed by atoms with E-state index < -0.39 is 9.84 Å². The normalized spacial score (nSPS) is 12.8. The van der Waals surface area contributed by atoms with Crippen molar-refractivity contribution in [2.45, 2.75) is 19.4 Å². The topological polar surface area (TPSA) is 66.5 Å². The SMILES string of the molecule is C[C@H](Cc1ccc(Cl)cc1)N(C)C(=O)NCCS(C)(=O)=O. The third-order valence-corrected chi connectivity index (χ3v) is 4.37. The zero-order valence-electron chi connectivity index (χ0n) is 12.5. The zero-order chi connectivity index (χ0) is 16.0. The predicted molar refractivity (Wildman–Crippen MR) is 85.5 cm³/mol. The van der Waals surface area contributed by atoms with Gasteiger partial charge < -0.3 is 10.2 Å². The van der Waals surface area contributed by atoms with E-state index in [1.54, 1.807) is 11.9 Å². The number of hydrogen-bond donors (Lipinski definition) is 1. The van der Waals surface area contributed by atoms with E-state index in [9.17, 15) is 13.2 Å². The Hall–Kier alpha value is -1.27. The summed E-state index contributed by atoms with van der Waals surface area (Å²) in [5.74, 6) is -0.0574. The van der Waals surface area contributed by atoms with Gasteiger partial charge in [0.05, 0.1) is 5.75 Å². The molecular weight excluding hydrogens is 312 g/mol. The van der Waals surface area contributed by atoms with Crippen molar-refractivity contribution in [2.75, 3.05) is 25.6 Å². The number of likely N-dealkylation sites (N-methyl/N-ethyl adjacent to an activating group) is 1. The summed E-state index contributed by atoms with van der Waals surface area (Å²) in [6.45, 7) is 2.06. The van der Waals surface area contributed by atoms with Crippen molar-refractivity contribution in [1.82, 2.24) is 10.2 Å². The molecular formula is C14H21ClN2O3S. The molecule has 1 N–H and O–H groups in total. The number of carbonyl (C=O) groups is 1. The predicted octanol–water partition coefficient (Wildman–Crippen LogP) is 1.96. The zero-order valence-corrected chi connectivity index (χ0v) is 14.0. The van der Waals surface area contributed by atoms with E-state index in [0.717, 1.165) is 11.8 Å². The first-order valence-electron chi connectivity index (χ1n) is 6.62. The van der Waals surface area contributed by atoms with E-state index in [0.29, 0.717) is 11.4 Å². The van der Waals surface area contributed by atoms with Gasteiger partial charge in [0, 0.05) is 30.9 Å². The van der Waals surface area contributed by atoms with E-state index in [1.807, 2.05) is 31.2 Å². The second-order valence-corrected chi connectivity index (χ2v) is 7.85. The molecule has 0 saturated heterocycles. The molecule has 1 aromatic carbocycles. The van der Waals surface area contributed by atoms with Gasteiger partial charge >= 0.3 is 6.03 Å². The monoisotopic (exact) mass is 332 g/mol. The van der Waals surface area contributed by atoms with Crippen molar-refractivity contribution in [2.24, 2.45) is 0 Å². The van der Waals surface area contributed by atoms with E-state index in [4.69, 9.17) is 11.6 Å². The molecule has 0 aliphatic carbocycles. The van der Waals surface area contributed by atoms with Gasteiger partial charge in [0.15, 0.2) is 0 Å². The van der Waals surface area contributed by atoms with E-state index in [-0.39, 0.29) is 24.4 Å². The van der Waals surface area contributed by atoms with Gasteiger partial charge in [-0.15, -0.1) is 0 Å². The summed E-state index contributed by atoms with van der Waals surface area (Å²) in [5, 5.41) is 3.28. The van der Waals surface area contributed by atoms with Gasteiger partial charge in [0.25, 0.3) is 0 Å². The highest BCUT2D eigenvalue weighted by Crippen LogP contribution is 2.12. The van der Waals surface area contributed by atoms with Crippen molar-refractivity contribution < 1.29 is 13.2 Å².